The molecule has 2 N–H and O–H groups in total. The molecule has 0 amide bonds. The predicted octanol–water partition coefficient (Wildman–Crippen LogP) is 2.46. The smallest absolute Gasteiger partial charge is 0.134 e. The minimum absolute atomic E-state index is 0.355. The highest BCUT2D eigenvalue weighted by Crippen LogP contribution is 2.21. The van der Waals surface area contributed by atoms with Gasteiger partial charge in [0.25, 0.3) is 0 Å². The molecule has 20 heavy (non-hydrogen) atoms. The first-order chi connectivity index (χ1) is 9.70. The maximum atomic E-state index is 12.2. The lowest BCUT2D eigenvalue weighted by Crippen LogP contribution is -2.09. The van der Waals surface area contributed by atoms with Gasteiger partial charge in [-0.1, -0.05) is 18.2 Å². The number of rotatable bonds is 6. The third kappa shape index (κ3) is 3.74. The molecule has 0 saturated heterocycles. The third-order valence-electron chi connectivity index (χ3n) is 2.71. The van der Waals surface area contributed by atoms with E-state index >= 15 is 0 Å². The van der Waals surface area contributed by atoms with Gasteiger partial charge in [0.05, 0.1) is 28.6 Å². The highest BCUT2D eigenvalue weighted by atomic mass is 32.2. The van der Waals surface area contributed by atoms with Gasteiger partial charge in [-0.25, -0.2) is 0 Å². The first-order valence-electron chi connectivity index (χ1n) is 6.20. The van der Waals surface area contributed by atoms with Crippen molar-refractivity contribution in [3.05, 3.63) is 48.5 Å². The minimum Gasteiger partial charge on any atom is -0.495 e. The number of hydrogen-bond acceptors (Lipinski definition) is 4. The van der Waals surface area contributed by atoms with E-state index in [0.29, 0.717) is 34.4 Å². The van der Waals surface area contributed by atoms with Crippen LogP contribution in [-0.4, -0.2) is 23.7 Å². The monoisotopic (exact) mass is 291 g/mol. The summed E-state index contributed by atoms with van der Waals surface area (Å²) in [6.45, 7) is 0.355. The van der Waals surface area contributed by atoms with Crippen molar-refractivity contribution in [1.29, 1.82) is 0 Å². The van der Waals surface area contributed by atoms with Gasteiger partial charge in [0, 0.05) is 11.8 Å². The largest absolute Gasteiger partial charge is 0.495 e. The molecule has 4 nitrogen and oxygen atoms in total. The summed E-state index contributed by atoms with van der Waals surface area (Å²) >= 11 is 0. The second-order valence-corrected chi connectivity index (χ2v) is 5.66. The summed E-state index contributed by atoms with van der Waals surface area (Å²) in [5, 5.41) is 0. The number of methoxy groups -OCH3 is 1. The van der Waals surface area contributed by atoms with Gasteiger partial charge in [-0.3, -0.25) is 4.21 Å². The number of anilines is 1. The molecule has 1 atom stereocenters. The number of para-hydroxylation sites is 1. The second kappa shape index (κ2) is 6.96. The van der Waals surface area contributed by atoms with Gasteiger partial charge in [-0.2, -0.15) is 0 Å². The highest BCUT2D eigenvalue weighted by Gasteiger charge is 2.09. The normalized spacial score (nSPS) is 11.8. The molecular weight excluding hydrogens is 274 g/mol. The van der Waals surface area contributed by atoms with E-state index in [9.17, 15) is 4.21 Å². The van der Waals surface area contributed by atoms with Gasteiger partial charge in [0.1, 0.15) is 18.1 Å². The molecule has 0 bridgehead atoms. The van der Waals surface area contributed by atoms with Crippen LogP contribution in [0.15, 0.2) is 53.4 Å². The molecule has 0 aromatic heterocycles. The van der Waals surface area contributed by atoms with Crippen molar-refractivity contribution in [2.24, 2.45) is 0 Å². The number of hydrogen-bond donors (Lipinski definition) is 1. The van der Waals surface area contributed by atoms with Crippen molar-refractivity contribution in [3.63, 3.8) is 0 Å². The van der Waals surface area contributed by atoms with Gasteiger partial charge in [-0.05, 0) is 24.3 Å². The molecule has 0 aliphatic heterocycles. The van der Waals surface area contributed by atoms with Crippen LogP contribution in [0.4, 0.5) is 5.69 Å². The molecule has 0 aliphatic carbocycles. The van der Waals surface area contributed by atoms with Crippen molar-refractivity contribution in [3.8, 4) is 11.5 Å². The molecule has 0 aliphatic rings. The Morgan fingerprint density at radius 2 is 1.95 bits per heavy atom. The zero-order valence-corrected chi connectivity index (χ0v) is 12.1. The minimum atomic E-state index is -1.16. The Labute approximate surface area is 121 Å². The average Bonchev–Trinajstić information content (AvgIpc) is 2.47. The van der Waals surface area contributed by atoms with E-state index in [1.54, 1.807) is 31.4 Å². The third-order valence-corrected chi connectivity index (χ3v) is 4.08. The quantitative estimate of drug-likeness (QED) is 0.831. The average molecular weight is 291 g/mol. The highest BCUT2D eigenvalue weighted by molar-refractivity contribution is 7.85. The van der Waals surface area contributed by atoms with Gasteiger partial charge in [0.15, 0.2) is 0 Å². The summed E-state index contributed by atoms with van der Waals surface area (Å²) in [6, 6.07) is 14.5. The van der Waals surface area contributed by atoms with Crippen molar-refractivity contribution in [1.82, 2.24) is 0 Å². The Hall–Kier alpha value is -2.01. The molecule has 106 valence electrons. The van der Waals surface area contributed by atoms with Gasteiger partial charge < -0.3 is 15.2 Å². The molecule has 0 fully saturated rings. The number of ether oxygens (including phenoxy) is 2. The van der Waals surface area contributed by atoms with Gasteiger partial charge in [0.2, 0.25) is 0 Å². The molecule has 0 heterocycles. The SMILES string of the molecule is COc1ccccc1S(=O)CCOc1cccc(N)c1. The first kappa shape index (κ1) is 14.4. The predicted molar refractivity (Wildman–Crippen MR) is 80.6 cm³/mol. The Balaban J connectivity index is 1.92. The van der Waals surface area contributed by atoms with Gasteiger partial charge in [-0.15, -0.1) is 0 Å². The van der Waals surface area contributed by atoms with Crippen molar-refractivity contribution < 1.29 is 13.7 Å². The van der Waals surface area contributed by atoms with Crippen molar-refractivity contribution in [2.45, 2.75) is 4.90 Å². The molecule has 2 aromatic rings. The Bertz CT molecular complexity index is 601. The summed E-state index contributed by atoms with van der Waals surface area (Å²) in [5.74, 6) is 1.71. The topological polar surface area (TPSA) is 61.5 Å². The van der Waals surface area contributed by atoms with Crippen LogP contribution in [-0.2, 0) is 10.8 Å². The molecule has 0 radical (unpaired) electrons. The summed E-state index contributed by atoms with van der Waals surface area (Å²) in [7, 11) is 0.414. The van der Waals surface area contributed by atoms with Crippen LogP contribution < -0.4 is 15.2 Å². The molecule has 0 spiro atoms. The van der Waals surface area contributed by atoms with Crippen molar-refractivity contribution >= 4 is 16.5 Å². The number of benzene rings is 2. The fraction of sp³-hybridized carbons (Fsp3) is 0.200. The van der Waals surface area contributed by atoms with E-state index in [0.717, 1.165) is 0 Å². The maximum Gasteiger partial charge on any atom is 0.134 e. The Kier molecular flexibility index (Phi) is 5.01. The summed E-state index contributed by atoms with van der Waals surface area (Å²) in [6.07, 6.45) is 0. The lowest BCUT2D eigenvalue weighted by atomic mass is 10.3. The summed E-state index contributed by atoms with van der Waals surface area (Å²) < 4.78 is 22.9. The van der Waals surface area contributed by atoms with E-state index in [-0.39, 0.29) is 0 Å². The van der Waals surface area contributed by atoms with E-state index in [4.69, 9.17) is 15.2 Å². The van der Waals surface area contributed by atoms with Crippen LogP contribution in [0.1, 0.15) is 0 Å². The first-order valence-corrected chi connectivity index (χ1v) is 7.52. The Morgan fingerprint density at radius 1 is 1.15 bits per heavy atom. The van der Waals surface area contributed by atoms with Crippen LogP contribution in [0.2, 0.25) is 0 Å². The number of nitrogen functional groups attached to an aromatic ring is 1. The van der Waals surface area contributed by atoms with Crippen LogP contribution in [0.5, 0.6) is 11.5 Å². The molecule has 0 saturated carbocycles. The van der Waals surface area contributed by atoms with E-state index < -0.39 is 10.8 Å². The fourth-order valence-electron chi connectivity index (χ4n) is 1.76. The summed E-state index contributed by atoms with van der Waals surface area (Å²) in [5.41, 5.74) is 6.31. The van der Waals surface area contributed by atoms with Gasteiger partial charge >= 0.3 is 0 Å². The van der Waals surface area contributed by atoms with Crippen LogP contribution in [0.25, 0.3) is 0 Å². The van der Waals surface area contributed by atoms with E-state index in [1.807, 2.05) is 24.3 Å². The summed E-state index contributed by atoms with van der Waals surface area (Å²) in [4.78, 5) is 0.686. The maximum absolute atomic E-state index is 12.2. The molecule has 5 heteroatoms. The zero-order valence-electron chi connectivity index (χ0n) is 11.2. The van der Waals surface area contributed by atoms with Crippen LogP contribution in [0, 0.1) is 0 Å². The number of nitrogens with two attached hydrogens (primary N) is 1. The standard InChI is InChI=1S/C15H17NO3S/c1-18-14-7-2-3-8-15(14)20(17)10-9-19-13-6-4-5-12(16)11-13/h2-8,11H,9-10,16H2,1H3. The van der Waals surface area contributed by atoms with Crippen LogP contribution in [0.3, 0.4) is 0 Å². The Morgan fingerprint density at radius 3 is 2.70 bits per heavy atom. The molecule has 1 unspecified atom stereocenters. The molecule has 2 aromatic carbocycles. The van der Waals surface area contributed by atoms with Crippen LogP contribution >= 0.6 is 0 Å². The second-order valence-electron chi connectivity index (χ2n) is 4.12. The molecule has 2 rings (SSSR count). The van der Waals surface area contributed by atoms with E-state index in [2.05, 4.69) is 0 Å². The van der Waals surface area contributed by atoms with E-state index in [1.165, 1.54) is 0 Å². The lowest BCUT2D eigenvalue weighted by Gasteiger charge is -2.09. The zero-order chi connectivity index (χ0) is 14.4. The van der Waals surface area contributed by atoms with Crippen molar-refractivity contribution in [2.75, 3.05) is 25.2 Å². The fourth-order valence-corrected chi connectivity index (χ4v) is 2.82. The lowest BCUT2D eigenvalue weighted by molar-refractivity contribution is 0.342. The molecular formula is C15H17NO3S.